The van der Waals surface area contributed by atoms with Crippen molar-refractivity contribution in [1.82, 2.24) is 4.57 Å². The van der Waals surface area contributed by atoms with Crippen LogP contribution in [0.5, 0.6) is 0 Å². The van der Waals surface area contributed by atoms with Gasteiger partial charge in [0.2, 0.25) is 0 Å². The number of benzene rings is 2. The van der Waals surface area contributed by atoms with Gasteiger partial charge in [-0.2, -0.15) is 31.6 Å². The van der Waals surface area contributed by atoms with Crippen molar-refractivity contribution in [2.24, 2.45) is 0 Å². The molecule has 32 heavy (non-hydrogen) atoms. The van der Waals surface area contributed by atoms with E-state index in [4.69, 9.17) is 10.4 Å². The van der Waals surface area contributed by atoms with Crippen molar-refractivity contribution in [3.63, 3.8) is 0 Å². The molecule has 3 rings (SSSR count). The lowest BCUT2D eigenvalue weighted by Crippen LogP contribution is -2.12. The van der Waals surface area contributed by atoms with Crippen molar-refractivity contribution in [3.05, 3.63) is 76.2 Å². The first-order valence-corrected chi connectivity index (χ1v) is 8.71. The number of hydrogen-bond donors (Lipinski definition) is 1. The maximum Gasteiger partial charge on any atom is 0.416 e. The molecule has 0 unspecified atom stereocenters. The van der Waals surface area contributed by atoms with Crippen LogP contribution in [0.1, 0.15) is 22.3 Å². The van der Waals surface area contributed by atoms with Crippen molar-refractivity contribution in [3.8, 4) is 6.07 Å². The molecule has 1 heterocycles. The minimum atomic E-state index is -5.03. The zero-order valence-corrected chi connectivity index (χ0v) is 15.7. The quantitative estimate of drug-likeness (QED) is 0.304. The molecule has 0 aliphatic heterocycles. The molecule has 0 aliphatic rings. The van der Waals surface area contributed by atoms with E-state index in [1.165, 1.54) is 22.9 Å². The molecule has 3 aromatic rings. The fourth-order valence-corrected chi connectivity index (χ4v) is 3.14. The van der Waals surface area contributed by atoms with Crippen LogP contribution in [0.4, 0.5) is 30.7 Å². The Bertz CT molecular complexity index is 1250. The molecule has 0 saturated heterocycles. The SMILES string of the molecule is N#C/C(=C\c1cn(Cc2cc(C(F)(F)F)cc(C(F)(F)F)c2)c2cc(F)ccc12)C(=O)O. The molecule has 2 aromatic carbocycles. The number of alkyl halides is 6. The first-order valence-electron chi connectivity index (χ1n) is 8.71. The van der Waals surface area contributed by atoms with Gasteiger partial charge in [-0.1, -0.05) is 0 Å². The van der Waals surface area contributed by atoms with Crippen LogP contribution in [-0.4, -0.2) is 15.6 Å². The highest BCUT2D eigenvalue weighted by atomic mass is 19.4. The number of carboxylic acids is 1. The average molecular weight is 456 g/mol. The van der Waals surface area contributed by atoms with E-state index in [0.717, 1.165) is 18.2 Å². The van der Waals surface area contributed by atoms with Gasteiger partial charge in [0.1, 0.15) is 17.5 Å². The molecule has 166 valence electrons. The van der Waals surface area contributed by atoms with E-state index >= 15 is 0 Å². The van der Waals surface area contributed by atoms with Gasteiger partial charge in [0, 0.05) is 23.7 Å². The highest BCUT2D eigenvalue weighted by molar-refractivity contribution is 6.00. The van der Waals surface area contributed by atoms with Gasteiger partial charge in [0.15, 0.2) is 0 Å². The number of nitrogens with zero attached hydrogens (tertiary/aromatic N) is 2. The van der Waals surface area contributed by atoms with Gasteiger partial charge in [0.05, 0.1) is 16.6 Å². The van der Waals surface area contributed by atoms with E-state index < -0.39 is 47.4 Å². The van der Waals surface area contributed by atoms with E-state index in [0.29, 0.717) is 12.1 Å². The Morgan fingerprint density at radius 3 is 2.12 bits per heavy atom. The van der Waals surface area contributed by atoms with Crippen LogP contribution < -0.4 is 0 Å². The Morgan fingerprint density at radius 2 is 1.62 bits per heavy atom. The van der Waals surface area contributed by atoms with E-state index in [-0.39, 0.29) is 28.1 Å². The van der Waals surface area contributed by atoms with Crippen LogP contribution in [0, 0.1) is 17.1 Å². The first kappa shape index (κ1) is 22.9. The van der Waals surface area contributed by atoms with Crippen LogP contribution in [0.3, 0.4) is 0 Å². The van der Waals surface area contributed by atoms with Gasteiger partial charge < -0.3 is 9.67 Å². The summed E-state index contributed by atoms with van der Waals surface area (Å²) in [5.41, 5.74) is -3.80. The highest BCUT2D eigenvalue weighted by Crippen LogP contribution is 2.37. The molecule has 0 spiro atoms. The van der Waals surface area contributed by atoms with Gasteiger partial charge in [-0.15, -0.1) is 0 Å². The summed E-state index contributed by atoms with van der Waals surface area (Å²) in [6.07, 6.45) is -7.86. The second-order valence-corrected chi connectivity index (χ2v) is 6.76. The van der Waals surface area contributed by atoms with Crippen molar-refractivity contribution in [2.45, 2.75) is 18.9 Å². The predicted molar refractivity (Wildman–Crippen MR) is 98.7 cm³/mol. The molecule has 0 bridgehead atoms. The number of carboxylic acid groups (broad SMARTS) is 1. The largest absolute Gasteiger partial charge is 0.477 e. The summed E-state index contributed by atoms with van der Waals surface area (Å²) in [6.45, 7) is -0.504. The summed E-state index contributed by atoms with van der Waals surface area (Å²) in [7, 11) is 0. The van der Waals surface area contributed by atoms with Crippen LogP contribution in [0.25, 0.3) is 17.0 Å². The first-order chi connectivity index (χ1) is 14.8. The standard InChI is InChI=1S/C21H11F7N2O2/c22-16-1-2-17-13(5-12(8-29)19(31)32)10-30(18(17)7-16)9-11-3-14(20(23,24)25)6-15(4-11)21(26,27)28/h1-7,10H,9H2,(H,31,32)/b12-5+. The maximum atomic E-state index is 13.8. The zero-order chi connectivity index (χ0) is 23.8. The maximum absolute atomic E-state index is 13.8. The van der Waals surface area contributed by atoms with E-state index in [2.05, 4.69) is 0 Å². The molecule has 1 N–H and O–H groups in total. The smallest absolute Gasteiger partial charge is 0.416 e. The van der Waals surface area contributed by atoms with Crippen LogP contribution in [0.15, 0.2) is 48.2 Å². The number of aromatic nitrogens is 1. The predicted octanol–water partition coefficient (Wildman–Crippen LogP) is 5.86. The van der Waals surface area contributed by atoms with Gasteiger partial charge in [-0.25, -0.2) is 9.18 Å². The fourth-order valence-electron chi connectivity index (χ4n) is 3.14. The number of rotatable bonds is 4. The molecule has 0 amide bonds. The second-order valence-electron chi connectivity index (χ2n) is 6.76. The normalized spacial score (nSPS) is 12.8. The minimum absolute atomic E-state index is 0.00282. The summed E-state index contributed by atoms with van der Waals surface area (Å²) < 4.78 is 93.7. The highest BCUT2D eigenvalue weighted by Gasteiger charge is 2.36. The zero-order valence-electron chi connectivity index (χ0n) is 15.7. The van der Waals surface area contributed by atoms with Gasteiger partial charge >= 0.3 is 18.3 Å². The molecular formula is C21H11F7N2O2. The van der Waals surface area contributed by atoms with Gasteiger partial charge in [-0.05, 0) is 48.0 Å². The van der Waals surface area contributed by atoms with Crippen LogP contribution in [0.2, 0.25) is 0 Å². The number of nitriles is 1. The van der Waals surface area contributed by atoms with Crippen molar-refractivity contribution >= 4 is 22.9 Å². The molecule has 1 aromatic heterocycles. The third-order valence-electron chi connectivity index (χ3n) is 4.53. The monoisotopic (exact) mass is 456 g/mol. The minimum Gasteiger partial charge on any atom is -0.477 e. The Kier molecular flexibility index (Phi) is 5.74. The lowest BCUT2D eigenvalue weighted by Gasteiger charge is -2.15. The number of carbonyl (C=O) groups is 1. The topological polar surface area (TPSA) is 66.0 Å². The molecule has 0 radical (unpaired) electrons. The lowest BCUT2D eigenvalue weighted by molar-refractivity contribution is -0.143. The Hall–Kier alpha value is -3.81. The molecule has 4 nitrogen and oxygen atoms in total. The molecule has 0 atom stereocenters. The van der Waals surface area contributed by atoms with Crippen LogP contribution in [-0.2, 0) is 23.7 Å². The molecule has 11 heteroatoms. The molecule has 0 saturated carbocycles. The summed E-state index contributed by atoms with van der Waals surface area (Å²) in [5.74, 6) is -2.27. The summed E-state index contributed by atoms with van der Waals surface area (Å²) in [6, 6.07) is 5.86. The Morgan fingerprint density at radius 1 is 1.03 bits per heavy atom. The number of halogens is 7. The van der Waals surface area contributed by atoms with Crippen molar-refractivity contribution in [1.29, 1.82) is 5.26 Å². The third kappa shape index (κ3) is 4.74. The summed E-state index contributed by atoms with van der Waals surface area (Å²) in [4.78, 5) is 11.1. The average Bonchev–Trinajstić information content (AvgIpc) is 3.00. The van der Waals surface area contributed by atoms with E-state index in [1.807, 2.05) is 0 Å². The van der Waals surface area contributed by atoms with Crippen molar-refractivity contribution < 1.29 is 40.6 Å². The number of fused-ring (bicyclic) bond motifs is 1. The van der Waals surface area contributed by atoms with Crippen LogP contribution >= 0.6 is 0 Å². The number of aliphatic carboxylic acids is 1. The van der Waals surface area contributed by atoms with Gasteiger partial charge in [0.25, 0.3) is 0 Å². The second kappa shape index (κ2) is 8.03. The molecule has 0 fully saturated rings. The molecule has 0 aliphatic carbocycles. The van der Waals surface area contributed by atoms with Gasteiger partial charge in [-0.3, -0.25) is 0 Å². The van der Waals surface area contributed by atoms with Crippen molar-refractivity contribution in [2.75, 3.05) is 0 Å². The Balaban J connectivity index is 2.19. The lowest BCUT2D eigenvalue weighted by atomic mass is 10.0. The summed E-state index contributed by atoms with van der Waals surface area (Å²) >= 11 is 0. The summed E-state index contributed by atoms with van der Waals surface area (Å²) in [5, 5.41) is 18.2. The van der Waals surface area contributed by atoms with E-state index in [9.17, 15) is 35.5 Å². The van der Waals surface area contributed by atoms with E-state index in [1.54, 1.807) is 0 Å². The molecular weight excluding hydrogens is 445 g/mol. The fraction of sp³-hybridized carbons (Fsp3) is 0.143. The Labute approximate surface area is 175 Å². The number of hydrogen-bond acceptors (Lipinski definition) is 2. The third-order valence-corrected chi connectivity index (χ3v) is 4.53.